The predicted molar refractivity (Wildman–Crippen MR) is 84.9 cm³/mol. The Kier molecular flexibility index (Phi) is 4.17. The summed E-state index contributed by atoms with van der Waals surface area (Å²) < 4.78 is 0. The van der Waals surface area contributed by atoms with Crippen LogP contribution >= 0.6 is 0 Å². The SMILES string of the molecule is CCc1ccccc1C(c1ccccc1)N1CCCC1. The van der Waals surface area contributed by atoms with E-state index in [9.17, 15) is 0 Å². The smallest absolute Gasteiger partial charge is 0.0604 e. The fraction of sp³-hybridized carbons (Fsp3) is 0.368. The van der Waals surface area contributed by atoms with Gasteiger partial charge in [-0.2, -0.15) is 0 Å². The van der Waals surface area contributed by atoms with Crippen molar-refractivity contribution >= 4 is 0 Å². The Bertz CT molecular complexity index is 541. The molecule has 0 bridgehead atoms. The van der Waals surface area contributed by atoms with Gasteiger partial charge >= 0.3 is 0 Å². The van der Waals surface area contributed by atoms with Crippen LogP contribution in [0.1, 0.15) is 42.5 Å². The average molecular weight is 265 g/mol. The number of hydrogen-bond donors (Lipinski definition) is 0. The monoisotopic (exact) mass is 265 g/mol. The third-order valence-electron chi connectivity index (χ3n) is 4.35. The third kappa shape index (κ3) is 2.64. The Balaban J connectivity index is 2.05. The van der Waals surface area contributed by atoms with Crippen LogP contribution in [0.2, 0.25) is 0 Å². The summed E-state index contributed by atoms with van der Waals surface area (Å²) in [4.78, 5) is 2.64. The van der Waals surface area contributed by atoms with Crippen molar-refractivity contribution in [3.05, 3.63) is 71.3 Å². The molecule has 2 aromatic carbocycles. The zero-order valence-corrected chi connectivity index (χ0v) is 12.3. The summed E-state index contributed by atoms with van der Waals surface area (Å²) in [6.07, 6.45) is 3.77. The zero-order chi connectivity index (χ0) is 13.8. The number of rotatable bonds is 4. The van der Waals surface area contributed by atoms with E-state index in [0.29, 0.717) is 6.04 Å². The van der Waals surface area contributed by atoms with Crippen molar-refractivity contribution in [3.8, 4) is 0 Å². The number of benzene rings is 2. The Morgan fingerprint density at radius 1 is 0.900 bits per heavy atom. The summed E-state index contributed by atoms with van der Waals surface area (Å²) in [5.41, 5.74) is 4.40. The van der Waals surface area contributed by atoms with Crippen molar-refractivity contribution in [2.45, 2.75) is 32.2 Å². The summed E-state index contributed by atoms with van der Waals surface area (Å²) in [5, 5.41) is 0. The highest BCUT2D eigenvalue weighted by Gasteiger charge is 2.26. The standard InChI is InChI=1S/C19H23N/c1-2-16-10-6-7-13-18(16)19(20-14-8-9-15-20)17-11-4-3-5-12-17/h3-7,10-13,19H,2,8-9,14-15H2,1H3. The minimum Gasteiger partial charge on any atom is -0.292 e. The summed E-state index contributed by atoms with van der Waals surface area (Å²) >= 11 is 0. The lowest BCUT2D eigenvalue weighted by Crippen LogP contribution is -2.27. The number of nitrogens with zero attached hydrogens (tertiary/aromatic N) is 1. The van der Waals surface area contributed by atoms with Crippen LogP contribution in [0.3, 0.4) is 0 Å². The van der Waals surface area contributed by atoms with Gasteiger partial charge in [0.05, 0.1) is 6.04 Å². The minimum atomic E-state index is 0.426. The third-order valence-corrected chi connectivity index (χ3v) is 4.35. The Morgan fingerprint density at radius 3 is 2.25 bits per heavy atom. The van der Waals surface area contributed by atoms with E-state index in [-0.39, 0.29) is 0 Å². The van der Waals surface area contributed by atoms with Gasteiger partial charge in [0, 0.05) is 0 Å². The maximum absolute atomic E-state index is 2.64. The highest BCUT2D eigenvalue weighted by molar-refractivity contribution is 5.37. The maximum atomic E-state index is 2.64. The van der Waals surface area contributed by atoms with Gasteiger partial charge in [-0.15, -0.1) is 0 Å². The lowest BCUT2D eigenvalue weighted by Gasteiger charge is -2.30. The van der Waals surface area contributed by atoms with Crippen molar-refractivity contribution in [2.75, 3.05) is 13.1 Å². The van der Waals surface area contributed by atoms with Crippen molar-refractivity contribution < 1.29 is 0 Å². The van der Waals surface area contributed by atoms with Gasteiger partial charge in [0.1, 0.15) is 0 Å². The van der Waals surface area contributed by atoms with E-state index in [1.165, 1.54) is 42.6 Å². The molecule has 3 rings (SSSR count). The summed E-state index contributed by atoms with van der Waals surface area (Å²) in [6.45, 7) is 4.69. The molecule has 1 aliphatic rings. The molecule has 0 spiro atoms. The zero-order valence-electron chi connectivity index (χ0n) is 12.3. The van der Waals surface area contributed by atoms with E-state index < -0.39 is 0 Å². The summed E-state index contributed by atoms with van der Waals surface area (Å²) in [5.74, 6) is 0. The van der Waals surface area contributed by atoms with Crippen LogP contribution in [-0.2, 0) is 6.42 Å². The van der Waals surface area contributed by atoms with Gasteiger partial charge in [-0.1, -0.05) is 61.5 Å². The van der Waals surface area contributed by atoms with Gasteiger partial charge in [0.2, 0.25) is 0 Å². The maximum Gasteiger partial charge on any atom is 0.0604 e. The highest BCUT2D eigenvalue weighted by Crippen LogP contribution is 2.33. The van der Waals surface area contributed by atoms with E-state index in [1.807, 2.05) is 0 Å². The number of aryl methyl sites for hydroxylation is 1. The first kappa shape index (κ1) is 13.4. The van der Waals surface area contributed by atoms with Crippen LogP contribution in [-0.4, -0.2) is 18.0 Å². The molecule has 20 heavy (non-hydrogen) atoms. The van der Waals surface area contributed by atoms with Crippen LogP contribution in [0.15, 0.2) is 54.6 Å². The molecule has 0 amide bonds. The molecule has 1 fully saturated rings. The van der Waals surface area contributed by atoms with Crippen molar-refractivity contribution in [2.24, 2.45) is 0 Å². The van der Waals surface area contributed by atoms with Crippen LogP contribution in [0, 0.1) is 0 Å². The van der Waals surface area contributed by atoms with Gasteiger partial charge in [0.15, 0.2) is 0 Å². The number of hydrogen-bond acceptors (Lipinski definition) is 1. The van der Waals surface area contributed by atoms with Gasteiger partial charge in [-0.3, -0.25) is 4.90 Å². The molecule has 1 unspecified atom stereocenters. The molecular weight excluding hydrogens is 242 g/mol. The molecule has 104 valence electrons. The molecule has 1 heterocycles. The first-order valence-corrected chi connectivity index (χ1v) is 7.77. The lowest BCUT2D eigenvalue weighted by molar-refractivity contribution is 0.280. The van der Waals surface area contributed by atoms with E-state index in [0.717, 1.165) is 6.42 Å². The van der Waals surface area contributed by atoms with Crippen LogP contribution < -0.4 is 0 Å². The molecule has 1 atom stereocenters. The molecule has 1 nitrogen and oxygen atoms in total. The molecule has 0 aromatic heterocycles. The predicted octanol–water partition coefficient (Wildman–Crippen LogP) is 4.43. The van der Waals surface area contributed by atoms with Crippen molar-refractivity contribution in [1.29, 1.82) is 0 Å². The first-order chi connectivity index (χ1) is 9.90. The van der Waals surface area contributed by atoms with Gasteiger partial charge < -0.3 is 0 Å². The molecule has 0 N–H and O–H groups in total. The molecule has 0 aliphatic carbocycles. The number of likely N-dealkylation sites (tertiary alicyclic amines) is 1. The minimum absolute atomic E-state index is 0.426. The fourth-order valence-electron chi connectivity index (χ4n) is 3.35. The molecule has 1 saturated heterocycles. The normalized spacial score (nSPS) is 17.2. The van der Waals surface area contributed by atoms with Crippen molar-refractivity contribution in [3.63, 3.8) is 0 Å². The van der Waals surface area contributed by atoms with Gasteiger partial charge in [-0.05, 0) is 49.0 Å². The molecule has 0 radical (unpaired) electrons. The average Bonchev–Trinajstić information content (AvgIpc) is 3.03. The Hall–Kier alpha value is -1.60. The second-order valence-electron chi connectivity index (χ2n) is 5.61. The second kappa shape index (κ2) is 6.23. The molecular formula is C19H23N. The summed E-state index contributed by atoms with van der Waals surface area (Å²) in [7, 11) is 0. The molecule has 0 saturated carbocycles. The summed E-state index contributed by atoms with van der Waals surface area (Å²) in [6, 6.07) is 20.3. The molecule has 1 aliphatic heterocycles. The second-order valence-corrected chi connectivity index (χ2v) is 5.61. The quantitative estimate of drug-likeness (QED) is 0.790. The topological polar surface area (TPSA) is 3.24 Å². The van der Waals surface area contributed by atoms with Crippen LogP contribution in [0.25, 0.3) is 0 Å². The van der Waals surface area contributed by atoms with E-state index in [2.05, 4.69) is 66.4 Å². The van der Waals surface area contributed by atoms with Crippen LogP contribution in [0.4, 0.5) is 0 Å². The largest absolute Gasteiger partial charge is 0.292 e. The van der Waals surface area contributed by atoms with Crippen molar-refractivity contribution in [1.82, 2.24) is 4.90 Å². The Labute approximate surface area is 122 Å². The van der Waals surface area contributed by atoms with E-state index >= 15 is 0 Å². The molecule has 1 heteroatoms. The van der Waals surface area contributed by atoms with Crippen LogP contribution in [0.5, 0.6) is 0 Å². The van der Waals surface area contributed by atoms with Gasteiger partial charge in [-0.25, -0.2) is 0 Å². The van der Waals surface area contributed by atoms with Gasteiger partial charge in [0.25, 0.3) is 0 Å². The molecule has 2 aromatic rings. The van der Waals surface area contributed by atoms with E-state index in [4.69, 9.17) is 0 Å². The lowest BCUT2D eigenvalue weighted by atomic mass is 9.92. The van der Waals surface area contributed by atoms with E-state index in [1.54, 1.807) is 0 Å². The first-order valence-electron chi connectivity index (χ1n) is 7.77. The Morgan fingerprint density at radius 2 is 1.55 bits per heavy atom. The highest BCUT2D eigenvalue weighted by atomic mass is 15.2. The fourth-order valence-corrected chi connectivity index (χ4v) is 3.35.